The maximum atomic E-state index is 11.8. The smallest absolute Gasteiger partial charge is 0.335 e. The number of hydrogen-bond donors (Lipinski definition) is 4. The number of aromatic nitrogens is 2. The van der Waals surface area contributed by atoms with Crippen LogP contribution in [0.2, 0.25) is 0 Å². The number of aliphatic hydroxyl groups is 2. The van der Waals surface area contributed by atoms with Crippen molar-refractivity contribution in [3.05, 3.63) is 39.2 Å². The highest BCUT2D eigenvalue weighted by molar-refractivity contribution is 6.14. The summed E-state index contributed by atoms with van der Waals surface area (Å²) in [5, 5.41) is 27.5. The zero-order valence-corrected chi connectivity index (χ0v) is 10.9. The van der Waals surface area contributed by atoms with Crippen molar-refractivity contribution >= 4 is 11.5 Å². The molecular formula is C12H14N2O7. The lowest BCUT2D eigenvalue weighted by Crippen LogP contribution is -2.34. The van der Waals surface area contributed by atoms with Gasteiger partial charge in [0.15, 0.2) is 0 Å². The summed E-state index contributed by atoms with van der Waals surface area (Å²) < 4.78 is 6.25. The molecule has 2 heterocycles. The number of nitrogens with zero attached hydrogens (tertiary/aromatic N) is 1. The molecule has 0 spiro atoms. The van der Waals surface area contributed by atoms with Crippen LogP contribution in [0.5, 0.6) is 0 Å². The first-order valence-corrected chi connectivity index (χ1v) is 6.07. The lowest BCUT2D eigenvalue weighted by molar-refractivity contribution is -0.130. The minimum Gasteiger partial charge on any atom is -0.478 e. The zero-order valence-electron chi connectivity index (χ0n) is 10.9. The Bertz CT molecular complexity index is 690. The second-order valence-electron chi connectivity index (χ2n) is 4.61. The van der Waals surface area contributed by atoms with E-state index < -0.39 is 47.8 Å². The second kappa shape index (κ2) is 5.64. The molecular weight excluding hydrogens is 284 g/mol. The van der Waals surface area contributed by atoms with Gasteiger partial charge in [-0.25, -0.2) is 9.59 Å². The summed E-state index contributed by atoms with van der Waals surface area (Å²) in [5.74, 6) is -1.40. The Morgan fingerprint density at radius 2 is 2.19 bits per heavy atom. The molecule has 4 N–H and O–H groups in total. The van der Waals surface area contributed by atoms with Crippen molar-refractivity contribution in [2.45, 2.75) is 24.9 Å². The number of carboxylic acids is 1. The van der Waals surface area contributed by atoms with Gasteiger partial charge in [-0.2, -0.15) is 0 Å². The Hall–Kier alpha value is -2.23. The number of aliphatic hydroxyl groups excluding tert-OH is 2. The Morgan fingerprint density at radius 1 is 1.52 bits per heavy atom. The average Bonchev–Trinajstić information content (AvgIpc) is 2.79. The van der Waals surface area contributed by atoms with Crippen LogP contribution in [-0.4, -0.2) is 49.7 Å². The van der Waals surface area contributed by atoms with Crippen molar-refractivity contribution in [1.29, 1.82) is 0 Å². The fraction of sp³-hybridized carbons (Fsp3) is 0.417. The maximum Gasteiger partial charge on any atom is 0.335 e. The quantitative estimate of drug-likeness (QED) is 0.484. The number of aromatic amines is 1. The molecule has 1 aromatic heterocycles. The Labute approximate surface area is 117 Å². The summed E-state index contributed by atoms with van der Waals surface area (Å²) in [6.45, 7) is 2.84. The van der Waals surface area contributed by atoms with E-state index in [0.29, 0.717) is 0 Å². The second-order valence-corrected chi connectivity index (χ2v) is 4.61. The van der Waals surface area contributed by atoms with Gasteiger partial charge in [-0.1, -0.05) is 6.58 Å². The molecule has 2 rings (SSSR count). The van der Waals surface area contributed by atoms with Gasteiger partial charge in [0.05, 0.1) is 23.8 Å². The van der Waals surface area contributed by atoms with Gasteiger partial charge in [-0.3, -0.25) is 14.3 Å². The fourth-order valence-corrected chi connectivity index (χ4v) is 2.08. The Kier molecular flexibility index (Phi) is 4.07. The van der Waals surface area contributed by atoms with Crippen LogP contribution >= 0.6 is 0 Å². The molecule has 1 aromatic rings. The molecule has 0 amide bonds. The number of H-pyrrole nitrogens is 1. The third-order valence-corrected chi connectivity index (χ3v) is 3.25. The topological polar surface area (TPSA) is 142 Å². The minimum absolute atomic E-state index is 0.0240. The van der Waals surface area contributed by atoms with Gasteiger partial charge in [0, 0.05) is 12.6 Å². The van der Waals surface area contributed by atoms with E-state index >= 15 is 0 Å². The standard InChI is InChI=1S/C12H14N2O7/c1-5(11(18)19)6-3-14(12(20)13-10(6)17)9-2-7(16)8(4-15)21-9/h3,7-9,15-16H,1-2,4H2,(H,18,19)(H,13,17,20)/t7-,8+,9+/m0/s1. The predicted molar refractivity (Wildman–Crippen MR) is 69.6 cm³/mol. The molecule has 0 saturated carbocycles. The molecule has 1 saturated heterocycles. The molecule has 0 aliphatic carbocycles. The zero-order chi connectivity index (χ0) is 15.7. The summed E-state index contributed by atoms with van der Waals surface area (Å²) in [7, 11) is 0. The molecule has 21 heavy (non-hydrogen) atoms. The van der Waals surface area contributed by atoms with Gasteiger partial charge >= 0.3 is 11.7 Å². The van der Waals surface area contributed by atoms with E-state index in [-0.39, 0.29) is 12.0 Å². The van der Waals surface area contributed by atoms with Crippen LogP contribution < -0.4 is 11.2 Å². The first kappa shape index (κ1) is 15.2. The molecule has 1 aliphatic rings. The number of carboxylic acid groups (broad SMARTS) is 1. The van der Waals surface area contributed by atoms with E-state index in [9.17, 15) is 19.5 Å². The number of aliphatic carboxylic acids is 1. The van der Waals surface area contributed by atoms with Gasteiger partial charge in [0.2, 0.25) is 0 Å². The highest BCUT2D eigenvalue weighted by Gasteiger charge is 2.35. The monoisotopic (exact) mass is 298 g/mol. The Morgan fingerprint density at radius 3 is 2.71 bits per heavy atom. The van der Waals surface area contributed by atoms with E-state index in [1.165, 1.54) is 0 Å². The Balaban J connectivity index is 2.44. The molecule has 3 atom stereocenters. The van der Waals surface area contributed by atoms with Crippen LogP contribution in [0, 0.1) is 0 Å². The number of rotatable bonds is 4. The number of carbonyl (C=O) groups is 1. The predicted octanol–water partition coefficient (Wildman–Crippen LogP) is -1.72. The first-order chi connectivity index (χ1) is 9.85. The SMILES string of the molecule is C=C(C(=O)O)c1cn([C@H]2C[C@H](O)[C@@H](CO)O2)c(=O)[nH]c1=O. The average molecular weight is 298 g/mol. The van der Waals surface area contributed by atoms with Gasteiger partial charge in [-0.05, 0) is 0 Å². The number of hydrogen-bond acceptors (Lipinski definition) is 6. The largest absolute Gasteiger partial charge is 0.478 e. The lowest BCUT2D eigenvalue weighted by atomic mass is 10.1. The maximum absolute atomic E-state index is 11.8. The van der Waals surface area contributed by atoms with Crippen molar-refractivity contribution in [2.24, 2.45) is 0 Å². The van der Waals surface area contributed by atoms with Gasteiger partial charge in [0.25, 0.3) is 5.56 Å². The van der Waals surface area contributed by atoms with Gasteiger partial charge < -0.3 is 20.1 Å². The van der Waals surface area contributed by atoms with E-state index in [4.69, 9.17) is 14.9 Å². The fourth-order valence-electron chi connectivity index (χ4n) is 2.08. The van der Waals surface area contributed by atoms with Crippen molar-refractivity contribution in [2.75, 3.05) is 6.61 Å². The van der Waals surface area contributed by atoms with Crippen LogP contribution in [0.15, 0.2) is 22.4 Å². The van der Waals surface area contributed by atoms with Crippen molar-refractivity contribution in [3.8, 4) is 0 Å². The minimum atomic E-state index is -1.40. The molecule has 9 heteroatoms. The van der Waals surface area contributed by atoms with Gasteiger partial charge in [0.1, 0.15) is 12.3 Å². The highest BCUT2D eigenvalue weighted by Crippen LogP contribution is 2.27. The van der Waals surface area contributed by atoms with Crippen molar-refractivity contribution in [3.63, 3.8) is 0 Å². The molecule has 1 fully saturated rings. The van der Waals surface area contributed by atoms with Crippen LogP contribution in [0.25, 0.3) is 5.57 Å². The van der Waals surface area contributed by atoms with E-state index in [1.54, 1.807) is 0 Å². The molecule has 9 nitrogen and oxygen atoms in total. The highest BCUT2D eigenvalue weighted by atomic mass is 16.5. The molecule has 0 radical (unpaired) electrons. The van der Waals surface area contributed by atoms with E-state index in [0.717, 1.165) is 10.8 Å². The normalized spacial score (nSPS) is 25.0. The molecule has 114 valence electrons. The summed E-state index contributed by atoms with van der Waals surface area (Å²) in [6.07, 6.45) is -1.68. The number of nitrogens with one attached hydrogen (secondary N) is 1. The third-order valence-electron chi connectivity index (χ3n) is 3.25. The molecule has 0 aromatic carbocycles. The van der Waals surface area contributed by atoms with Crippen LogP contribution in [0.1, 0.15) is 18.2 Å². The first-order valence-electron chi connectivity index (χ1n) is 6.07. The van der Waals surface area contributed by atoms with Crippen LogP contribution in [-0.2, 0) is 9.53 Å². The number of ether oxygens (including phenoxy) is 1. The molecule has 0 unspecified atom stereocenters. The lowest BCUT2D eigenvalue weighted by Gasteiger charge is -2.15. The van der Waals surface area contributed by atoms with Crippen molar-refractivity contribution < 1.29 is 24.9 Å². The summed E-state index contributed by atoms with van der Waals surface area (Å²) in [5.41, 5.74) is -2.44. The summed E-state index contributed by atoms with van der Waals surface area (Å²) in [6, 6.07) is 0. The van der Waals surface area contributed by atoms with Crippen molar-refractivity contribution in [1.82, 2.24) is 9.55 Å². The van der Waals surface area contributed by atoms with Crippen LogP contribution in [0.3, 0.4) is 0 Å². The molecule has 1 aliphatic heterocycles. The van der Waals surface area contributed by atoms with E-state index in [2.05, 4.69) is 6.58 Å². The molecule has 0 bridgehead atoms. The van der Waals surface area contributed by atoms with E-state index in [1.807, 2.05) is 4.98 Å². The summed E-state index contributed by atoms with van der Waals surface area (Å²) in [4.78, 5) is 36.2. The van der Waals surface area contributed by atoms with Gasteiger partial charge in [-0.15, -0.1) is 0 Å². The third kappa shape index (κ3) is 2.79. The van der Waals surface area contributed by atoms with Crippen LogP contribution in [0.4, 0.5) is 0 Å². The summed E-state index contributed by atoms with van der Waals surface area (Å²) >= 11 is 0.